The monoisotopic (exact) mass is 312 g/mol. The van der Waals surface area contributed by atoms with E-state index in [4.69, 9.17) is 4.74 Å². The van der Waals surface area contributed by atoms with Crippen LogP contribution in [0.3, 0.4) is 0 Å². The maximum absolute atomic E-state index is 10.0. The molecule has 0 aliphatic carbocycles. The Balaban J connectivity index is 0.000000374. The van der Waals surface area contributed by atoms with E-state index in [1.165, 1.54) is 25.5 Å². The van der Waals surface area contributed by atoms with Gasteiger partial charge in [0.05, 0.1) is 0 Å². The van der Waals surface area contributed by atoms with E-state index < -0.39 is 0 Å². The molecular formula is C20H24O3. The first kappa shape index (κ1) is 20.3. The van der Waals surface area contributed by atoms with E-state index in [0.717, 1.165) is 11.3 Å². The Morgan fingerprint density at radius 3 is 2.09 bits per heavy atom. The minimum absolute atomic E-state index is 0.0185. The highest BCUT2D eigenvalue weighted by molar-refractivity contribution is 5.91. The minimum atomic E-state index is 0.0185. The molecule has 0 N–H and O–H groups in total. The lowest BCUT2D eigenvalue weighted by Crippen LogP contribution is -1.97. The predicted octanol–water partition coefficient (Wildman–Crippen LogP) is 4.83. The SMILES string of the molecule is C=C(C)C(C)=O.C=C1C=Cc2ccc(C)cc2O1.C=CC(C)=O. The number of carbonyl (C=O) groups is 2. The number of rotatable bonds is 2. The lowest BCUT2D eigenvalue weighted by atomic mass is 10.1. The van der Waals surface area contributed by atoms with Gasteiger partial charge in [0.15, 0.2) is 11.6 Å². The van der Waals surface area contributed by atoms with Crippen LogP contribution >= 0.6 is 0 Å². The topological polar surface area (TPSA) is 43.4 Å². The van der Waals surface area contributed by atoms with Gasteiger partial charge in [0, 0.05) is 5.56 Å². The average Bonchev–Trinajstić information content (AvgIpc) is 2.47. The number of benzene rings is 1. The lowest BCUT2D eigenvalue weighted by Gasteiger charge is -2.13. The standard InChI is InChI=1S/C11H10O.C5H8O.C4H6O/c1-8-3-5-10-6-4-9(2)12-11(10)7-8;1-4(2)5(3)6;1-3-4(2)5/h3-7H,2H2,1H3;1H2,2-3H3;3H,1H2,2H3. The van der Waals surface area contributed by atoms with Crippen molar-refractivity contribution < 1.29 is 14.3 Å². The quantitative estimate of drug-likeness (QED) is 0.735. The first-order chi connectivity index (χ1) is 10.7. The van der Waals surface area contributed by atoms with Gasteiger partial charge in [-0.2, -0.15) is 0 Å². The van der Waals surface area contributed by atoms with Crippen molar-refractivity contribution in [3.05, 3.63) is 72.5 Å². The summed E-state index contributed by atoms with van der Waals surface area (Å²) in [6.07, 6.45) is 5.16. The predicted molar refractivity (Wildman–Crippen MR) is 96.4 cm³/mol. The second kappa shape index (κ2) is 10.1. The first-order valence-corrected chi connectivity index (χ1v) is 7.12. The molecule has 0 aromatic heterocycles. The van der Waals surface area contributed by atoms with E-state index in [9.17, 15) is 9.59 Å². The molecule has 0 saturated heterocycles. The summed E-state index contributed by atoms with van der Waals surface area (Å²) in [5, 5.41) is 0. The van der Waals surface area contributed by atoms with Crippen molar-refractivity contribution in [3.8, 4) is 5.75 Å². The summed E-state index contributed by atoms with van der Waals surface area (Å²) in [6, 6.07) is 6.14. The molecule has 0 atom stereocenters. The molecule has 1 heterocycles. The van der Waals surface area contributed by atoms with E-state index in [-0.39, 0.29) is 11.6 Å². The van der Waals surface area contributed by atoms with E-state index in [2.05, 4.69) is 25.8 Å². The molecule has 0 radical (unpaired) electrons. The molecule has 3 nitrogen and oxygen atoms in total. The van der Waals surface area contributed by atoms with Crippen LogP contribution in [-0.4, -0.2) is 11.6 Å². The van der Waals surface area contributed by atoms with Gasteiger partial charge in [-0.1, -0.05) is 31.9 Å². The second-order valence-corrected chi connectivity index (χ2v) is 5.09. The fourth-order valence-electron chi connectivity index (χ4n) is 1.23. The largest absolute Gasteiger partial charge is 0.457 e. The summed E-state index contributed by atoms with van der Waals surface area (Å²) in [7, 11) is 0. The molecule has 1 aromatic rings. The highest BCUT2D eigenvalue weighted by Crippen LogP contribution is 2.27. The fraction of sp³-hybridized carbons (Fsp3) is 0.200. The van der Waals surface area contributed by atoms with E-state index >= 15 is 0 Å². The van der Waals surface area contributed by atoms with Gasteiger partial charge in [-0.05, 0) is 63.1 Å². The van der Waals surface area contributed by atoms with Crippen molar-refractivity contribution in [1.29, 1.82) is 0 Å². The van der Waals surface area contributed by atoms with Crippen LogP contribution in [-0.2, 0) is 9.59 Å². The molecule has 3 heteroatoms. The van der Waals surface area contributed by atoms with Gasteiger partial charge >= 0.3 is 0 Å². The maximum Gasteiger partial charge on any atom is 0.154 e. The maximum atomic E-state index is 10.0. The zero-order valence-electron chi connectivity index (χ0n) is 14.3. The summed E-state index contributed by atoms with van der Waals surface area (Å²) < 4.78 is 5.43. The molecule has 0 saturated carbocycles. The van der Waals surface area contributed by atoms with Crippen molar-refractivity contribution in [2.45, 2.75) is 27.7 Å². The summed E-state index contributed by atoms with van der Waals surface area (Å²) in [5.41, 5.74) is 2.94. The molecular weight excluding hydrogens is 288 g/mol. The highest BCUT2D eigenvalue weighted by Gasteiger charge is 2.06. The molecule has 1 aliphatic rings. The Bertz CT molecular complexity index is 637. The van der Waals surface area contributed by atoms with Crippen LogP contribution in [0, 0.1) is 6.92 Å². The smallest absolute Gasteiger partial charge is 0.154 e. The van der Waals surface area contributed by atoms with Crippen LogP contribution < -0.4 is 4.74 Å². The van der Waals surface area contributed by atoms with Crippen molar-refractivity contribution in [2.75, 3.05) is 0 Å². The Labute approximate surface area is 138 Å². The highest BCUT2D eigenvalue weighted by atomic mass is 16.5. The zero-order chi connectivity index (χ0) is 18.0. The van der Waals surface area contributed by atoms with Crippen LogP contribution in [0.15, 0.2) is 61.4 Å². The summed E-state index contributed by atoms with van der Waals surface area (Å²) in [4.78, 5) is 19.7. The van der Waals surface area contributed by atoms with Gasteiger partial charge in [0.2, 0.25) is 0 Å². The van der Waals surface area contributed by atoms with Crippen LogP contribution in [0.1, 0.15) is 31.9 Å². The number of hydrogen-bond acceptors (Lipinski definition) is 3. The minimum Gasteiger partial charge on any atom is -0.457 e. The summed E-state index contributed by atoms with van der Waals surface area (Å²) in [6.45, 7) is 17.1. The van der Waals surface area contributed by atoms with Crippen molar-refractivity contribution in [2.24, 2.45) is 0 Å². The van der Waals surface area contributed by atoms with Gasteiger partial charge in [-0.15, -0.1) is 0 Å². The van der Waals surface area contributed by atoms with Crippen LogP contribution in [0.4, 0.5) is 0 Å². The van der Waals surface area contributed by atoms with Crippen molar-refractivity contribution in [1.82, 2.24) is 0 Å². The normalized spacial score (nSPS) is 10.7. The molecule has 122 valence electrons. The third-order valence-corrected chi connectivity index (χ3v) is 2.75. The van der Waals surface area contributed by atoms with Crippen molar-refractivity contribution in [3.63, 3.8) is 0 Å². The molecule has 0 spiro atoms. The molecule has 0 amide bonds. The summed E-state index contributed by atoms with van der Waals surface area (Å²) in [5.74, 6) is 1.69. The number of allylic oxidation sites excluding steroid dienone is 3. The third-order valence-electron chi connectivity index (χ3n) is 2.75. The number of fused-ring (bicyclic) bond motifs is 1. The molecule has 0 fully saturated rings. The number of ether oxygens (including phenoxy) is 1. The Morgan fingerprint density at radius 1 is 1.13 bits per heavy atom. The number of carbonyl (C=O) groups excluding carboxylic acids is 2. The molecule has 1 aliphatic heterocycles. The fourth-order valence-corrected chi connectivity index (χ4v) is 1.23. The van der Waals surface area contributed by atoms with Gasteiger partial charge in [0.25, 0.3) is 0 Å². The lowest BCUT2D eigenvalue weighted by molar-refractivity contribution is -0.114. The Hall–Kier alpha value is -2.68. The Kier molecular flexibility index (Phi) is 8.94. The molecule has 23 heavy (non-hydrogen) atoms. The molecule has 2 rings (SSSR count). The van der Waals surface area contributed by atoms with Gasteiger partial charge in [-0.25, -0.2) is 0 Å². The van der Waals surface area contributed by atoms with Crippen LogP contribution in [0.2, 0.25) is 0 Å². The Morgan fingerprint density at radius 2 is 1.65 bits per heavy atom. The van der Waals surface area contributed by atoms with Crippen LogP contribution in [0.5, 0.6) is 5.75 Å². The molecule has 0 bridgehead atoms. The number of hydrogen-bond donors (Lipinski definition) is 0. The number of Topliss-reactive ketones (excluding diaryl/α,β-unsaturated/α-hetero) is 1. The second-order valence-electron chi connectivity index (χ2n) is 5.09. The molecule has 0 unspecified atom stereocenters. The van der Waals surface area contributed by atoms with Gasteiger partial charge in [0.1, 0.15) is 11.5 Å². The van der Waals surface area contributed by atoms with Crippen LogP contribution in [0.25, 0.3) is 6.08 Å². The van der Waals surface area contributed by atoms with E-state index in [0.29, 0.717) is 11.3 Å². The summed E-state index contributed by atoms with van der Waals surface area (Å²) >= 11 is 0. The zero-order valence-corrected chi connectivity index (χ0v) is 14.3. The third kappa shape index (κ3) is 9.04. The van der Waals surface area contributed by atoms with Crippen molar-refractivity contribution >= 4 is 17.6 Å². The average molecular weight is 312 g/mol. The van der Waals surface area contributed by atoms with Gasteiger partial charge in [-0.3, -0.25) is 9.59 Å². The number of aryl methyl sites for hydroxylation is 1. The number of ketones is 2. The van der Waals surface area contributed by atoms with Gasteiger partial charge < -0.3 is 4.74 Å². The first-order valence-electron chi connectivity index (χ1n) is 7.12. The molecule has 1 aromatic carbocycles. The van der Waals surface area contributed by atoms with E-state index in [1.54, 1.807) is 6.92 Å². The van der Waals surface area contributed by atoms with E-state index in [1.807, 2.05) is 31.2 Å².